The van der Waals surface area contributed by atoms with Gasteiger partial charge in [-0.2, -0.15) is 4.98 Å². The smallest absolute Gasteiger partial charge is 0.240 e. The van der Waals surface area contributed by atoms with Crippen molar-refractivity contribution < 1.29 is 9.26 Å². The Kier molecular flexibility index (Phi) is 5.94. The van der Waals surface area contributed by atoms with Crippen LogP contribution in [0.15, 0.2) is 34.9 Å². The maximum atomic E-state index is 5.54. The highest BCUT2D eigenvalue weighted by Crippen LogP contribution is 2.21. The van der Waals surface area contributed by atoms with E-state index in [0.29, 0.717) is 6.04 Å². The Morgan fingerprint density at radius 3 is 2.73 bits per heavy atom. The number of rotatable bonds is 6. The molecule has 2 aliphatic heterocycles. The van der Waals surface area contributed by atoms with Crippen LogP contribution in [0.2, 0.25) is 0 Å². The van der Waals surface area contributed by atoms with Gasteiger partial charge in [-0.15, -0.1) is 0 Å². The van der Waals surface area contributed by atoms with Crippen LogP contribution in [0.25, 0.3) is 0 Å². The zero-order chi connectivity index (χ0) is 17.6. The molecule has 1 unspecified atom stereocenters. The molecule has 6 heteroatoms. The minimum absolute atomic E-state index is 0.575. The molecule has 0 spiro atoms. The molecule has 3 heterocycles. The lowest BCUT2D eigenvalue weighted by Crippen LogP contribution is -2.49. The topological polar surface area (TPSA) is 54.6 Å². The number of nitrogens with zero attached hydrogens (tertiary/aromatic N) is 4. The lowest BCUT2D eigenvalue weighted by atomic mass is 10.0. The van der Waals surface area contributed by atoms with Crippen LogP contribution in [0.1, 0.15) is 36.5 Å². The summed E-state index contributed by atoms with van der Waals surface area (Å²) < 4.78 is 11.0. The zero-order valence-electron chi connectivity index (χ0n) is 15.3. The fourth-order valence-electron chi connectivity index (χ4n) is 3.94. The van der Waals surface area contributed by atoms with E-state index in [9.17, 15) is 0 Å². The van der Waals surface area contributed by atoms with Gasteiger partial charge in [0.1, 0.15) is 0 Å². The van der Waals surface area contributed by atoms with Gasteiger partial charge in [0, 0.05) is 32.1 Å². The zero-order valence-corrected chi connectivity index (χ0v) is 15.3. The number of aromatic nitrogens is 2. The minimum Gasteiger partial charge on any atom is -0.379 e. The van der Waals surface area contributed by atoms with Gasteiger partial charge in [0.15, 0.2) is 5.82 Å². The van der Waals surface area contributed by atoms with Crippen molar-refractivity contribution in [2.45, 2.75) is 38.3 Å². The second-order valence-electron chi connectivity index (χ2n) is 7.30. The van der Waals surface area contributed by atoms with E-state index in [1.165, 1.54) is 24.8 Å². The number of hydrogen-bond acceptors (Lipinski definition) is 6. The predicted molar refractivity (Wildman–Crippen MR) is 98.9 cm³/mol. The summed E-state index contributed by atoms with van der Waals surface area (Å²) in [6, 6.07) is 10.9. The van der Waals surface area contributed by atoms with Gasteiger partial charge in [0.05, 0.1) is 19.8 Å². The molecule has 4 rings (SSSR count). The maximum Gasteiger partial charge on any atom is 0.240 e. The first-order chi connectivity index (χ1) is 12.9. The third-order valence-electron chi connectivity index (χ3n) is 5.38. The highest BCUT2D eigenvalue weighted by Gasteiger charge is 2.26. The Balaban J connectivity index is 1.35. The highest BCUT2D eigenvalue weighted by molar-refractivity contribution is 5.18. The summed E-state index contributed by atoms with van der Waals surface area (Å²) in [5, 5.41) is 4.18. The summed E-state index contributed by atoms with van der Waals surface area (Å²) in [7, 11) is 0. The largest absolute Gasteiger partial charge is 0.379 e. The quantitative estimate of drug-likeness (QED) is 0.792. The van der Waals surface area contributed by atoms with Crippen LogP contribution in [-0.4, -0.2) is 65.4 Å². The fourth-order valence-corrected chi connectivity index (χ4v) is 3.94. The minimum atomic E-state index is 0.575. The van der Waals surface area contributed by atoms with E-state index < -0.39 is 0 Å². The Hall–Kier alpha value is -1.76. The van der Waals surface area contributed by atoms with E-state index >= 15 is 0 Å². The Bertz CT molecular complexity index is 669. The Morgan fingerprint density at radius 2 is 1.88 bits per heavy atom. The van der Waals surface area contributed by atoms with E-state index in [2.05, 4.69) is 32.1 Å². The van der Waals surface area contributed by atoms with Crippen molar-refractivity contribution in [2.24, 2.45) is 0 Å². The van der Waals surface area contributed by atoms with Gasteiger partial charge < -0.3 is 9.26 Å². The van der Waals surface area contributed by atoms with Crippen LogP contribution in [0.4, 0.5) is 0 Å². The van der Waals surface area contributed by atoms with Crippen LogP contribution in [0, 0.1) is 0 Å². The summed E-state index contributed by atoms with van der Waals surface area (Å²) in [6.07, 6.45) is 4.54. The number of piperidine rings is 1. The van der Waals surface area contributed by atoms with Crippen molar-refractivity contribution in [3.63, 3.8) is 0 Å². The molecule has 6 nitrogen and oxygen atoms in total. The molecule has 0 aliphatic carbocycles. The average molecular weight is 356 g/mol. The molecule has 2 aliphatic rings. The number of benzene rings is 1. The van der Waals surface area contributed by atoms with E-state index in [4.69, 9.17) is 9.26 Å². The van der Waals surface area contributed by atoms with Gasteiger partial charge in [-0.05, 0) is 24.9 Å². The first-order valence-corrected chi connectivity index (χ1v) is 9.76. The molecule has 0 amide bonds. The second kappa shape index (κ2) is 8.75. The van der Waals surface area contributed by atoms with Gasteiger partial charge in [-0.1, -0.05) is 41.9 Å². The van der Waals surface area contributed by atoms with Crippen LogP contribution in [0.3, 0.4) is 0 Å². The lowest BCUT2D eigenvalue weighted by Gasteiger charge is -2.39. The summed E-state index contributed by atoms with van der Waals surface area (Å²) >= 11 is 0. The van der Waals surface area contributed by atoms with Crippen LogP contribution >= 0.6 is 0 Å². The van der Waals surface area contributed by atoms with E-state index in [-0.39, 0.29) is 0 Å². The fraction of sp³-hybridized carbons (Fsp3) is 0.600. The summed E-state index contributed by atoms with van der Waals surface area (Å²) in [6.45, 7) is 6.81. The van der Waals surface area contributed by atoms with Crippen LogP contribution in [-0.2, 0) is 17.7 Å². The van der Waals surface area contributed by atoms with Crippen LogP contribution in [0.5, 0.6) is 0 Å². The third kappa shape index (κ3) is 4.69. The predicted octanol–water partition coefficient (Wildman–Crippen LogP) is 2.35. The first kappa shape index (κ1) is 17.6. The molecule has 1 aromatic heterocycles. The number of ether oxygens (including phenoxy) is 1. The number of likely N-dealkylation sites (tertiary alicyclic amines) is 1. The summed E-state index contributed by atoms with van der Waals surface area (Å²) in [5.74, 6) is 1.51. The molecule has 2 saturated heterocycles. The lowest BCUT2D eigenvalue weighted by molar-refractivity contribution is 0.0136. The molecule has 2 fully saturated rings. The SMILES string of the molecule is c1ccc(Cc2noc(CN3CCCCC3CN3CCOCC3)n2)cc1. The van der Waals surface area contributed by atoms with Crippen molar-refractivity contribution in [1.29, 1.82) is 0 Å². The molecule has 0 saturated carbocycles. The third-order valence-corrected chi connectivity index (χ3v) is 5.38. The molecule has 0 bridgehead atoms. The summed E-state index contributed by atoms with van der Waals surface area (Å²) in [4.78, 5) is 9.68. The molecule has 2 aromatic rings. The van der Waals surface area contributed by atoms with Crippen molar-refractivity contribution >= 4 is 0 Å². The molecule has 26 heavy (non-hydrogen) atoms. The van der Waals surface area contributed by atoms with Gasteiger partial charge in [-0.25, -0.2) is 0 Å². The van der Waals surface area contributed by atoms with Crippen molar-refractivity contribution in [2.75, 3.05) is 39.4 Å². The van der Waals surface area contributed by atoms with Gasteiger partial charge in [0.2, 0.25) is 5.89 Å². The number of morpholine rings is 1. The number of hydrogen-bond donors (Lipinski definition) is 0. The standard InChI is InChI=1S/C20H28N4O2/c1-2-6-17(7-3-1)14-19-21-20(26-22-19)16-24-9-5-4-8-18(24)15-23-10-12-25-13-11-23/h1-3,6-7,18H,4-5,8-16H2. The van der Waals surface area contributed by atoms with E-state index in [1.807, 2.05) is 18.2 Å². The average Bonchev–Trinajstić information content (AvgIpc) is 3.12. The monoisotopic (exact) mass is 356 g/mol. The van der Waals surface area contributed by atoms with Gasteiger partial charge in [-0.3, -0.25) is 9.80 Å². The maximum absolute atomic E-state index is 5.54. The molecule has 1 atom stereocenters. The molecule has 1 aromatic carbocycles. The first-order valence-electron chi connectivity index (χ1n) is 9.76. The van der Waals surface area contributed by atoms with Crippen molar-refractivity contribution in [3.8, 4) is 0 Å². The Morgan fingerprint density at radius 1 is 1.04 bits per heavy atom. The highest BCUT2D eigenvalue weighted by atomic mass is 16.5. The summed E-state index contributed by atoms with van der Waals surface area (Å²) in [5.41, 5.74) is 1.21. The molecular formula is C20H28N4O2. The van der Waals surface area contributed by atoms with Gasteiger partial charge >= 0.3 is 0 Å². The molecule has 0 N–H and O–H groups in total. The molecule has 0 radical (unpaired) electrons. The molecule has 140 valence electrons. The normalized spacial score (nSPS) is 22.5. The van der Waals surface area contributed by atoms with Crippen molar-refractivity contribution in [3.05, 3.63) is 47.6 Å². The van der Waals surface area contributed by atoms with Gasteiger partial charge in [0.25, 0.3) is 0 Å². The molecular weight excluding hydrogens is 328 g/mol. The van der Waals surface area contributed by atoms with E-state index in [0.717, 1.165) is 64.1 Å². The van der Waals surface area contributed by atoms with E-state index in [1.54, 1.807) is 0 Å². The van der Waals surface area contributed by atoms with Crippen LogP contribution < -0.4 is 0 Å². The second-order valence-corrected chi connectivity index (χ2v) is 7.30. The van der Waals surface area contributed by atoms with Crippen molar-refractivity contribution in [1.82, 2.24) is 19.9 Å². The Labute approximate surface area is 155 Å².